The number of nitrogens with two attached hydrogens (primary N) is 1. The van der Waals surface area contributed by atoms with Crippen LogP contribution in [0.15, 0.2) is 24.3 Å². The normalized spacial score (nSPS) is 19.4. The molecule has 1 fully saturated rings. The van der Waals surface area contributed by atoms with Crippen LogP contribution in [0, 0.1) is 6.92 Å². The molecule has 0 amide bonds. The predicted octanol–water partition coefficient (Wildman–Crippen LogP) is 2.76. The molecule has 106 valence electrons. The standard InChI is InChI=1S/C16H27N3/c1-13-8-7-9-14(12-13)15(18-17)16(2,3)19-10-5-4-6-11-19/h7-9,12,15,18H,4-6,10-11,17H2,1-3H3. The van der Waals surface area contributed by atoms with Crippen LogP contribution in [0.25, 0.3) is 0 Å². The molecule has 0 bridgehead atoms. The fraction of sp³-hybridized carbons (Fsp3) is 0.625. The first kappa shape index (κ1) is 14.5. The second-order valence-corrected chi connectivity index (χ2v) is 6.22. The van der Waals surface area contributed by atoms with Crippen molar-refractivity contribution in [2.24, 2.45) is 5.84 Å². The molecule has 0 aliphatic carbocycles. The van der Waals surface area contributed by atoms with Crippen LogP contribution in [0.3, 0.4) is 0 Å². The highest BCUT2D eigenvalue weighted by Crippen LogP contribution is 2.32. The summed E-state index contributed by atoms with van der Waals surface area (Å²) in [5.41, 5.74) is 5.63. The zero-order chi connectivity index (χ0) is 13.9. The van der Waals surface area contributed by atoms with Gasteiger partial charge >= 0.3 is 0 Å². The first-order valence-corrected chi connectivity index (χ1v) is 7.33. The van der Waals surface area contributed by atoms with E-state index in [-0.39, 0.29) is 11.6 Å². The van der Waals surface area contributed by atoms with Crippen molar-refractivity contribution in [3.8, 4) is 0 Å². The summed E-state index contributed by atoms with van der Waals surface area (Å²) in [6.45, 7) is 9.08. The summed E-state index contributed by atoms with van der Waals surface area (Å²) in [5, 5.41) is 0. The Bertz CT molecular complexity index is 408. The van der Waals surface area contributed by atoms with E-state index in [1.807, 2.05) is 0 Å². The molecule has 0 saturated carbocycles. The van der Waals surface area contributed by atoms with Gasteiger partial charge in [-0.1, -0.05) is 36.2 Å². The second kappa shape index (κ2) is 6.04. The Balaban J connectivity index is 2.24. The average Bonchev–Trinajstić information content (AvgIpc) is 2.40. The zero-order valence-corrected chi connectivity index (χ0v) is 12.4. The monoisotopic (exact) mass is 261 g/mol. The number of rotatable bonds is 4. The molecule has 1 atom stereocenters. The molecule has 0 spiro atoms. The maximum absolute atomic E-state index is 5.87. The molecule has 1 heterocycles. The van der Waals surface area contributed by atoms with Crippen LogP contribution >= 0.6 is 0 Å². The number of hydrazine groups is 1. The summed E-state index contributed by atoms with van der Waals surface area (Å²) in [4.78, 5) is 2.57. The van der Waals surface area contributed by atoms with Crippen LogP contribution in [0.5, 0.6) is 0 Å². The van der Waals surface area contributed by atoms with Gasteiger partial charge in [0.15, 0.2) is 0 Å². The van der Waals surface area contributed by atoms with Gasteiger partial charge in [0, 0.05) is 5.54 Å². The van der Waals surface area contributed by atoms with Crippen molar-refractivity contribution in [2.45, 2.75) is 51.6 Å². The molecule has 1 saturated heterocycles. The lowest BCUT2D eigenvalue weighted by Crippen LogP contribution is -2.55. The minimum absolute atomic E-state index is 0.0307. The molecule has 1 unspecified atom stereocenters. The molecular weight excluding hydrogens is 234 g/mol. The van der Waals surface area contributed by atoms with Gasteiger partial charge in [-0.25, -0.2) is 0 Å². The van der Waals surface area contributed by atoms with Crippen LogP contribution in [0.2, 0.25) is 0 Å². The van der Waals surface area contributed by atoms with Crippen molar-refractivity contribution in [3.63, 3.8) is 0 Å². The lowest BCUT2D eigenvalue weighted by molar-refractivity contribution is 0.0608. The van der Waals surface area contributed by atoms with Crippen molar-refractivity contribution in [2.75, 3.05) is 13.1 Å². The highest BCUT2D eigenvalue weighted by Gasteiger charge is 2.36. The topological polar surface area (TPSA) is 41.3 Å². The number of nitrogens with zero attached hydrogens (tertiary/aromatic N) is 1. The van der Waals surface area contributed by atoms with Crippen LogP contribution < -0.4 is 11.3 Å². The van der Waals surface area contributed by atoms with E-state index in [4.69, 9.17) is 5.84 Å². The van der Waals surface area contributed by atoms with Gasteiger partial charge in [-0.3, -0.25) is 16.2 Å². The third kappa shape index (κ3) is 3.16. The average molecular weight is 261 g/mol. The Morgan fingerprint density at radius 3 is 2.47 bits per heavy atom. The van der Waals surface area contributed by atoms with Gasteiger partial charge in [-0.15, -0.1) is 0 Å². The van der Waals surface area contributed by atoms with E-state index in [2.05, 4.69) is 55.4 Å². The van der Waals surface area contributed by atoms with Crippen LogP contribution in [0.4, 0.5) is 0 Å². The van der Waals surface area contributed by atoms with Gasteiger partial charge in [0.2, 0.25) is 0 Å². The maximum Gasteiger partial charge on any atom is 0.0638 e. The summed E-state index contributed by atoms with van der Waals surface area (Å²) >= 11 is 0. The minimum Gasteiger partial charge on any atom is -0.296 e. The van der Waals surface area contributed by atoms with Gasteiger partial charge in [-0.2, -0.15) is 0 Å². The van der Waals surface area contributed by atoms with Crippen LogP contribution in [-0.4, -0.2) is 23.5 Å². The molecule has 1 aromatic rings. The van der Waals surface area contributed by atoms with Crippen molar-refractivity contribution < 1.29 is 0 Å². The highest BCUT2D eigenvalue weighted by molar-refractivity contribution is 5.27. The lowest BCUT2D eigenvalue weighted by Gasteiger charge is -2.46. The largest absolute Gasteiger partial charge is 0.296 e. The summed E-state index contributed by atoms with van der Waals surface area (Å²) in [6.07, 6.45) is 3.96. The van der Waals surface area contributed by atoms with E-state index < -0.39 is 0 Å². The Hall–Kier alpha value is -0.900. The van der Waals surface area contributed by atoms with E-state index in [9.17, 15) is 0 Å². The quantitative estimate of drug-likeness (QED) is 0.647. The van der Waals surface area contributed by atoms with Gasteiger partial charge in [0.1, 0.15) is 0 Å². The third-order valence-electron chi connectivity index (χ3n) is 4.42. The summed E-state index contributed by atoms with van der Waals surface area (Å²) in [7, 11) is 0. The molecule has 3 N–H and O–H groups in total. The van der Waals surface area contributed by atoms with E-state index >= 15 is 0 Å². The second-order valence-electron chi connectivity index (χ2n) is 6.22. The van der Waals surface area contributed by atoms with E-state index in [0.29, 0.717) is 0 Å². The van der Waals surface area contributed by atoms with Crippen molar-refractivity contribution in [1.29, 1.82) is 0 Å². The highest BCUT2D eigenvalue weighted by atomic mass is 15.3. The lowest BCUT2D eigenvalue weighted by atomic mass is 9.85. The van der Waals surface area contributed by atoms with E-state index in [0.717, 1.165) is 0 Å². The van der Waals surface area contributed by atoms with Crippen LogP contribution in [-0.2, 0) is 0 Å². The molecule has 0 radical (unpaired) electrons. The minimum atomic E-state index is 0.0307. The van der Waals surface area contributed by atoms with E-state index in [1.165, 1.54) is 43.5 Å². The number of likely N-dealkylation sites (tertiary alicyclic amines) is 1. The van der Waals surface area contributed by atoms with E-state index in [1.54, 1.807) is 0 Å². The molecule has 3 nitrogen and oxygen atoms in total. The predicted molar refractivity (Wildman–Crippen MR) is 80.7 cm³/mol. The molecule has 0 aromatic heterocycles. The molecule has 19 heavy (non-hydrogen) atoms. The summed E-state index contributed by atoms with van der Waals surface area (Å²) < 4.78 is 0. The number of benzene rings is 1. The SMILES string of the molecule is Cc1cccc(C(NN)C(C)(C)N2CCCCC2)c1. The molecule has 1 aromatic carbocycles. The number of hydrogen-bond acceptors (Lipinski definition) is 3. The van der Waals surface area contributed by atoms with Crippen molar-refractivity contribution in [1.82, 2.24) is 10.3 Å². The Kier molecular flexibility index (Phi) is 4.61. The van der Waals surface area contributed by atoms with Gasteiger partial charge in [-0.05, 0) is 52.3 Å². The molecule has 1 aliphatic heterocycles. The van der Waals surface area contributed by atoms with Gasteiger partial charge in [0.05, 0.1) is 6.04 Å². The summed E-state index contributed by atoms with van der Waals surface area (Å²) in [5.74, 6) is 5.87. The number of nitrogens with one attached hydrogen (secondary N) is 1. The first-order valence-electron chi connectivity index (χ1n) is 7.33. The zero-order valence-electron chi connectivity index (χ0n) is 12.4. The third-order valence-corrected chi connectivity index (χ3v) is 4.42. The Morgan fingerprint density at radius 1 is 1.21 bits per heavy atom. The van der Waals surface area contributed by atoms with Gasteiger partial charge in [0.25, 0.3) is 0 Å². The number of hydrogen-bond donors (Lipinski definition) is 2. The van der Waals surface area contributed by atoms with Gasteiger partial charge < -0.3 is 0 Å². The maximum atomic E-state index is 5.87. The Labute approximate surface area is 117 Å². The smallest absolute Gasteiger partial charge is 0.0638 e. The molecule has 2 rings (SSSR count). The fourth-order valence-electron chi connectivity index (χ4n) is 3.21. The van der Waals surface area contributed by atoms with Crippen LogP contribution in [0.1, 0.15) is 50.3 Å². The fourth-order valence-corrected chi connectivity index (χ4v) is 3.21. The molecule has 3 heteroatoms. The first-order chi connectivity index (χ1) is 9.05. The van der Waals surface area contributed by atoms with Crippen molar-refractivity contribution >= 4 is 0 Å². The number of aryl methyl sites for hydroxylation is 1. The number of piperidine rings is 1. The van der Waals surface area contributed by atoms with Crippen molar-refractivity contribution in [3.05, 3.63) is 35.4 Å². The Morgan fingerprint density at radius 2 is 1.89 bits per heavy atom. The molecular formula is C16H27N3. The molecule has 1 aliphatic rings. The summed E-state index contributed by atoms with van der Waals surface area (Å²) in [6, 6.07) is 8.80.